The summed E-state index contributed by atoms with van der Waals surface area (Å²) in [5.74, 6) is 2.27. The molecule has 6 heteroatoms. The minimum absolute atomic E-state index is 0.610. The molecule has 1 saturated carbocycles. The number of hydrogen-bond acceptors (Lipinski definition) is 4. The molecule has 0 aliphatic heterocycles. The number of anilines is 1. The molecule has 2 aromatic rings. The van der Waals surface area contributed by atoms with Gasteiger partial charge in [0, 0.05) is 26.2 Å². The Kier molecular flexibility index (Phi) is 2.96. The van der Waals surface area contributed by atoms with Crippen LogP contribution in [-0.2, 0) is 7.05 Å². The molecule has 0 amide bonds. The highest BCUT2D eigenvalue weighted by molar-refractivity contribution is 14.1. The summed E-state index contributed by atoms with van der Waals surface area (Å²) in [6, 6.07) is 1.94. The lowest BCUT2D eigenvalue weighted by atomic mass is 10.2. The van der Waals surface area contributed by atoms with E-state index in [4.69, 9.17) is 4.98 Å². The maximum absolute atomic E-state index is 4.73. The van der Waals surface area contributed by atoms with Crippen molar-refractivity contribution in [2.75, 3.05) is 12.4 Å². The second-order valence-corrected chi connectivity index (χ2v) is 5.54. The summed E-state index contributed by atoms with van der Waals surface area (Å²) in [6.45, 7) is 0. The van der Waals surface area contributed by atoms with Gasteiger partial charge >= 0.3 is 0 Å². The predicted molar refractivity (Wildman–Crippen MR) is 78.5 cm³/mol. The molecule has 94 valence electrons. The van der Waals surface area contributed by atoms with Crippen LogP contribution in [0.1, 0.15) is 24.5 Å². The first kappa shape index (κ1) is 11.9. The molecule has 0 atom stereocenters. The van der Waals surface area contributed by atoms with Crippen molar-refractivity contribution in [2.24, 2.45) is 7.05 Å². The van der Waals surface area contributed by atoms with Crippen LogP contribution in [0.5, 0.6) is 0 Å². The Hall–Kier alpha value is -1.18. The van der Waals surface area contributed by atoms with Gasteiger partial charge in [-0.15, -0.1) is 0 Å². The van der Waals surface area contributed by atoms with Gasteiger partial charge in [0.1, 0.15) is 11.5 Å². The number of hydrogen-bond donors (Lipinski definition) is 1. The van der Waals surface area contributed by atoms with Gasteiger partial charge in [-0.1, -0.05) is 0 Å². The van der Waals surface area contributed by atoms with Crippen molar-refractivity contribution >= 4 is 28.4 Å². The number of aromatic nitrogens is 4. The van der Waals surface area contributed by atoms with Crippen molar-refractivity contribution in [3.05, 3.63) is 21.5 Å². The van der Waals surface area contributed by atoms with E-state index in [9.17, 15) is 0 Å². The summed E-state index contributed by atoms with van der Waals surface area (Å²) >= 11 is 2.33. The molecule has 1 N–H and O–H groups in total. The van der Waals surface area contributed by atoms with Crippen LogP contribution >= 0.6 is 22.6 Å². The monoisotopic (exact) mass is 355 g/mol. The van der Waals surface area contributed by atoms with Gasteiger partial charge in [0.2, 0.25) is 0 Å². The second kappa shape index (κ2) is 4.49. The maximum Gasteiger partial charge on any atom is 0.180 e. The molecule has 1 fully saturated rings. The average Bonchev–Trinajstić information content (AvgIpc) is 3.12. The Balaban J connectivity index is 2.15. The minimum atomic E-state index is 0.610. The molecule has 0 saturated heterocycles. The van der Waals surface area contributed by atoms with Gasteiger partial charge in [0.25, 0.3) is 0 Å². The highest BCUT2D eigenvalue weighted by Gasteiger charge is 2.29. The summed E-state index contributed by atoms with van der Waals surface area (Å²) in [5, 5.41) is 7.33. The molecule has 0 spiro atoms. The molecule has 1 aliphatic carbocycles. The number of halogens is 1. The van der Waals surface area contributed by atoms with Gasteiger partial charge in [-0.25, -0.2) is 9.97 Å². The van der Waals surface area contributed by atoms with Crippen molar-refractivity contribution in [3.63, 3.8) is 0 Å². The first-order valence-electron chi connectivity index (χ1n) is 5.94. The third-order valence-electron chi connectivity index (χ3n) is 3.13. The van der Waals surface area contributed by atoms with E-state index in [0.717, 1.165) is 20.9 Å². The van der Waals surface area contributed by atoms with Crippen LogP contribution in [-0.4, -0.2) is 26.8 Å². The van der Waals surface area contributed by atoms with Crippen LogP contribution in [0.15, 0.2) is 12.3 Å². The fourth-order valence-electron chi connectivity index (χ4n) is 1.97. The quantitative estimate of drug-likeness (QED) is 0.860. The molecule has 3 rings (SSSR count). The summed E-state index contributed by atoms with van der Waals surface area (Å²) in [7, 11) is 3.81. The Bertz CT molecular complexity index is 588. The summed E-state index contributed by atoms with van der Waals surface area (Å²) in [4.78, 5) is 9.30. The van der Waals surface area contributed by atoms with Crippen LogP contribution in [0, 0.1) is 3.57 Å². The zero-order valence-corrected chi connectivity index (χ0v) is 12.5. The molecule has 2 aromatic heterocycles. The summed E-state index contributed by atoms with van der Waals surface area (Å²) < 4.78 is 2.95. The van der Waals surface area contributed by atoms with Crippen molar-refractivity contribution in [2.45, 2.75) is 18.8 Å². The Morgan fingerprint density at radius 3 is 2.72 bits per heavy atom. The average molecular weight is 355 g/mol. The van der Waals surface area contributed by atoms with E-state index in [-0.39, 0.29) is 0 Å². The van der Waals surface area contributed by atoms with Crippen LogP contribution < -0.4 is 5.32 Å². The molecule has 5 nitrogen and oxygen atoms in total. The number of nitrogens with one attached hydrogen (secondary N) is 1. The van der Waals surface area contributed by atoms with Gasteiger partial charge in [0.15, 0.2) is 5.82 Å². The van der Waals surface area contributed by atoms with E-state index in [1.165, 1.54) is 18.5 Å². The highest BCUT2D eigenvalue weighted by atomic mass is 127. The third-order valence-corrected chi connectivity index (χ3v) is 4.19. The molecule has 2 heterocycles. The molecule has 18 heavy (non-hydrogen) atoms. The van der Waals surface area contributed by atoms with E-state index in [2.05, 4.69) is 38.0 Å². The molecule has 1 aliphatic rings. The van der Waals surface area contributed by atoms with E-state index >= 15 is 0 Å². The third kappa shape index (κ3) is 1.98. The zero-order chi connectivity index (χ0) is 12.7. The molecule has 0 aromatic carbocycles. The maximum atomic E-state index is 4.73. The first-order chi connectivity index (χ1) is 8.70. The lowest BCUT2D eigenvalue weighted by Gasteiger charge is -2.10. The topological polar surface area (TPSA) is 55.6 Å². The zero-order valence-electron chi connectivity index (χ0n) is 10.3. The lowest BCUT2D eigenvalue weighted by Crippen LogP contribution is -2.06. The van der Waals surface area contributed by atoms with E-state index in [0.29, 0.717) is 5.92 Å². The van der Waals surface area contributed by atoms with Crippen LogP contribution in [0.4, 0.5) is 5.82 Å². The summed E-state index contributed by atoms with van der Waals surface area (Å²) in [5.41, 5.74) is 2.12. The van der Waals surface area contributed by atoms with Crippen LogP contribution in [0.2, 0.25) is 0 Å². The van der Waals surface area contributed by atoms with Crippen LogP contribution in [0.3, 0.4) is 0 Å². The molecule has 0 radical (unpaired) electrons. The number of rotatable bonds is 3. The second-order valence-electron chi connectivity index (χ2n) is 4.46. The summed E-state index contributed by atoms with van der Waals surface area (Å²) in [6.07, 6.45) is 4.24. The number of aryl methyl sites for hydroxylation is 1. The Morgan fingerprint density at radius 2 is 2.17 bits per heavy atom. The van der Waals surface area contributed by atoms with Gasteiger partial charge in [-0.2, -0.15) is 5.10 Å². The van der Waals surface area contributed by atoms with Crippen molar-refractivity contribution in [1.29, 1.82) is 0 Å². The lowest BCUT2D eigenvalue weighted by molar-refractivity contribution is 0.768. The number of nitrogens with zero attached hydrogens (tertiary/aromatic N) is 4. The van der Waals surface area contributed by atoms with Gasteiger partial charge in [-0.3, -0.25) is 4.68 Å². The molecular formula is C12H14IN5. The fourth-order valence-corrected chi connectivity index (χ4v) is 2.92. The highest BCUT2D eigenvalue weighted by Crippen LogP contribution is 2.42. The van der Waals surface area contributed by atoms with Crippen molar-refractivity contribution in [3.8, 4) is 11.5 Å². The van der Waals surface area contributed by atoms with Crippen LogP contribution in [0.25, 0.3) is 11.5 Å². The van der Waals surface area contributed by atoms with Gasteiger partial charge < -0.3 is 5.32 Å². The van der Waals surface area contributed by atoms with Gasteiger partial charge in [0.05, 0.1) is 9.26 Å². The Labute approximate surface area is 119 Å². The SMILES string of the molecule is CNc1nc(-c2ccnn2C)nc(C2CC2)c1I. The van der Waals surface area contributed by atoms with Crippen molar-refractivity contribution in [1.82, 2.24) is 19.7 Å². The van der Waals surface area contributed by atoms with Gasteiger partial charge in [-0.05, 0) is 41.5 Å². The Morgan fingerprint density at radius 1 is 1.39 bits per heavy atom. The predicted octanol–water partition coefficient (Wildman–Crippen LogP) is 2.40. The largest absolute Gasteiger partial charge is 0.372 e. The molecular weight excluding hydrogens is 341 g/mol. The first-order valence-corrected chi connectivity index (χ1v) is 7.02. The standard InChI is InChI=1S/C12H14IN5/c1-14-12-9(13)10(7-3-4-7)16-11(17-12)8-5-6-15-18(8)2/h5-7H,3-4H2,1-2H3,(H,14,16,17). The normalized spacial score (nSPS) is 14.8. The van der Waals surface area contributed by atoms with E-state index in [1.54, 1.807) is 10.9 Å². The van der Waals surface area contributed by atoms with E-state index in [1.807, 2.05) is 20.2 Å². The minimum Gasteiger partial charge on any atom is -0.372 e. The smallest absolute Gasteiger partial charge is 0.180 e. The molecule has 0 bridgehead atoms. The van der Waals surface area contributed by atoms with Crippen molar-refractivity contribution < 1.29 is 0 Å². The fraction of sp³-hybridized carbons (Fsp3) is 0.417. The van der Waals surface area contributed by atoms with E-state index < -0.39 is 0 Å². The molecule has 0 unspecified atom stereocenters.